The molecule has 0 unspecified atom stereocenters. The van der Waals surface area contributed by atoms with E-state index >= 15 is 0 Å². The Morgan fingerprint density at radius 1 is 1.03 bits per heavy atom. The zero-order valence-electron chi connectivity index (χ0n) is 21.5. The number of amides is 1. The van der Waals surface area contributed by atoms with Crippen LogP contribution in [0.15, 0.2) is 57.2 Å². The summed E-state index contributed by atoms with van der Waals surface area (Å²) in [6.07, 6.45) is 3.07. The van der Waals surface area contributed by atoms with Gasteiger partial charge in [0.05, 0.1) is 27.1 Å². The highest BCUT2D eigenvalue weighted by Crippen LogP contribution is 2.38. The summed E-state index contributed by atoms with van der Waals surface area (Å²) in [7, 11) is 5.90. The molecule has 39 heavy (non-hydrogen) atoms. The Balaban J connectivity index is 1.36. The molecule has 2 aromatic heterocycles. The number of nitrogens with zero attached hydrogens (tertiary/aromatic N) is 2. The van der Waals surface area contributed by atoms with Crippen molar-refractivity contribution in [1.82, 2.24) is 19.5 Å². The van der Waals surface area contributed by atoms with Crippen LogP contribution in [0.5, 0.6) is 17.2 Å². The Morgan fingerprint density at radius 2 is 1.69 bits per heavy atom. The largest absolute Gasteiger partial charge is 0.493 e. The molecule has 0 spiro atoms. The van der Waals surface area contributed by atoms with Crippen LogP contribution < -0.4 is 30.8 Å². The van der Waals surface area contributed by atoms with Gasteiger partial charge in [-0.15, -0.1) is 0 Å². The second kappa shape index (κ2) is 11.7. The van der Waals surface area contributed by atoms with Gasteiger partial charge in [-0.2, -0.15) is 0 Å². The van der Waals surface area contributed by atoms with Gasteiger partial charge in [-0.25, -0.2) is 9.78 Å². The number of carbonyl (C=O) groups is 2. The molecule has 0 bridgehead atoms. The van der Waals surface area contributed by atoms with Crippen LogP contribution in [0.4, 0.5) is 5.69 Å². The van der Waals surface area contributed by atoms with Crippen LogP contribution in [-0.4, -0.2) is 58.3 Å². The Morgan fingerprint density at radius 3 is 2.31 bits per heavy atom. The minimum absolute atomic E-state index is 0.00255. The highest BCUT2D eigenvalue weighted by molar-refractivity contribution is 7.99. The van der Waals surface area contributed by atoms with E-state index in [1.807, 2.05) is 0 Å². The average Bonchev–Trinajstić information content (AvgIpc) is 3.36. The molecule has 0 saturated heterocycles. The van der Waals surface area contributed by atoms with Crippen molar-refractivity contribution >= 4 is 46.4 Å². The van der Waals surface area contributed by atoms with Crippen molar-refractivity contribution in [3.8, 4) is 17.2 Å². The number of thioether (sulfide) groups is 1. The number of imidazole rings is 1. The molecule has 4 aromatic rings. The Bertz CT molecular complexity index is 1660. The highest BCUT2D eigenvalue weighted by atomic mass is 32.2. The molecule has 1 amide bonds. The van der Waals surface area contributed by atoms with Crippen LogP contribution in [0.3, 0.4) is 0 Å². The third-order valence-electron chi connectivity index (χ3n) is 5.64. The summed E-state index contributed by atoms with van der Waals surface area (Å²) in [5.41, 5.74) is 0.829. The standard InChI is InChI=1S/C26H25N5O7S/c1-31-24(34)21-23(30-26(31)35)29-25(28-21)39-13-20(33)27-16-8-6-15(7-9-16)17(32)10-5-14-11-18(36-2)22(38-4)19(12-14)37-3/h5-12H,13H2,1-4H3,(H,27,33)(H,28,29)(H,30,35)/b10-5+. The van der Waals surface area contributed by atoms with Crippen molar-refractivity contribution in [3.63, 3.8) is 0 Å². The lowest BCUT2D eigenvalue weighted by Crippen LogP contribution is -2.32. The summed E-state index contributed by atoms with van der Waals surface area (Å²) >= 11 is 1.08. The maximum absolute atomic E-state index is 12.7. The van der Waals surface area contributed by atoms with Crippen LogP contribution in [0.25, 0.3) is 17.2 Å². The Kier molecular flexibility index (Phi) is 8.20. The maximum atomic E-state index is 12.7. The lowest BCUT2D eigenvalue weighted by Gasteiger charge is -2.12. The maximum Gasteiger partial charge on any atom is 0.329 e. The van der Waals surface area contributed by atoms with Gasteiger partial charge in [0.25, 0.3) is 5.56 Å². The first-order valence-electron chi connectivity index (χ1n) is 11.5. The van der Waals surface area contributed by atoms with E-state index in [9.17, 15) is 19.2 Å². The average molecular weight is 552 g/mol. The first-order valence-corrected chi connectivity index (χ1v) is 12.5. The Hall–Kier alpha value is -4.78. The molecule has 4 rings (SSSR count). The number of carbonyl (C=O) groups excluding carboxylic acids is 2. The lowest BCUT2D eigenvalue weighted by atomic mass is 10.1. The molecule has 0 radical (unpaired) electrons. The number of nitrogens with one attached hydrogen (secondary N) is 3. The number of rotatable bonds is 10. The predicted octanol–water partition coefficient (Wildman–Crippen LogP) is 2.60. The van der Waals surface area contributed by atoms with Crippen LogP contribution in [0, 0.1) is 0 Å². The van der Waals surface area contributed by atoms with Gasteiger partial charge in [-0.1, -0.05) is 17.8 Å². The van der Waals surface area contributed by atoms with E-state index in [2.05, 4.69) is 20.3 Å². The van der Waals surface area contributed by atoms with Gasteiger partial charge in [-0.3, -0.25) is 23.9 Å². The smallest absolute Gasteiger partial charge is 0.329 e. The number of fused-ring (bicyclic) bond motifs is 1. The van der Waals surface area contributed by atoms with E-state index in [-0.39, 0.29) is 28.6 Å². The minimum Gasteiger partial charge on any atom is -0.493 e. The highest BCUT2D eigenvalue weighted by Gasteiger charge is 2.14. The molecule has 2 aromatic carbocycles. The van der Waals surface area contributed by atoms with Crippen molar-refractivity contribution < 1.29 is 23.8 Å². The summed E-state index contributed by atoms with van der Waals surface area (Å²) in [6.45, 7) is 0. The number of aromatic nitrogens is 4. The molecule has 0 aliphatic carbocycles. The third-order valence-corrected chi connectivity index (χ3v) is 6.51. The number of methoxy groups -OCH3 is 3. The number of allylic oxidation sites excluding steroid dienone is 1. The topological polar surface area (TPSA) is 157 Å². The van der Waals surface area contributed by atoms with E-state index in [1.54, 1.807) is 42.5 Å². The molecule has 3 N–H and O–H groups in total. The number of ether oxygens (including phenoxy) is 3. The molecule has 2 heterocycles. The number of hydrogen-bond acceptors (Lipinski definition) is 9. The number of H-pyrrole nitrogens is 2. The first kappa shape index (κ1) is 27.3. The quantitative estimate of drug-likeness (QED) is 0.153. The zero-order chi connectivity index (χ0) is 28.1. The summed E-state index contributed by atoms with van der Waals surface area (Å²) in [6, 6.07) is 9.92. The van der Waals surface area contributed by atoms with Gasteiger partial charge in [0.1, 0.15) is 0 Å². The van der Waals surface area contributed by atoms with Crippen LogP contribution in [0.1, 0.15) is 15.9 Å². The molecule has 0 aliphatic heterocycles. The number of aromatic amines is 2. The Labute approximate surface area is 226 Å². The van der Waals surface area contributed by atoms with Gasteiger partial charge in [-0.05, 0) is 48.0 Å². The van der Waals surface area contributed by atoms with Crippen LogP contribution in [0.2, 0.25) is 0 Å². The minimum atomic E-state index is -0.577. The summed E-state index contributed by atoms with van der Waals surface area (Å²) < 4.78 is 16.9. The predicted molar refractivity (Wildman–Crippen MR) is 147 cm³/mol. The van der Waals surface area contributed by atoms with Gasteiger partial charge in [0.15, 0.2) is 33.6 Å². The summed E-state index contributed by atoms with van der Waals surface area (Å²) in [5, 5.41) is 3.06. The number of benzene rings is 2. The normalized spacial score (nSPS) is 11.1. The van der Waals surface area contributed by atoms with E-state index in [0.717, 1.165) is 16.3 Å². The molecule has 13 heteroatoms. The molecule has 0 saturated carbocycles. The van der Waals surface area contributed by atoms with Crippen molar-refractivity contribution in [2.45, 2.75) is 5.16 Å². The van der Waals surface area contributed by atoms with E-state index in [1.165, 1.54) is 34.5 Å². The number of hydrogen-bond donors (Lipinski definition) is 3. The third kappa shape index (κ3) is 6.04. The molecule has 0 aliphatic rings. The van der Waals surface area contributed by atoms with Gasteiger partial charge >= 0.3 is 5.69 Å². The monoisotopic (exact) mass is 551 g/mol. The second-order valence-electron chi connectivity index (χ2n) is 8.13. The molecule has 0 atom stereocenters. The molecular weight excluding hydrogens is 526 g/mol. The lowest BCUT2D eigenvalue weighted by molar-refractivity contribution is -0.113. The fraction of sp³-hybridized carbons (Fsp3) is 0.192. The van der Waals surface area contributed by atoms with Crippen molar-refractivity contribution in [2.24, 2.45) is 7.05 Å². The molecule has 12 nitrogen and oxygen atoms in total. The van der Waals surface area contributed by atoms with Crippen molar-refractivity contribution in [1.29, 1.82) is 0 Å². The fourth-order valence-corrected chi connectivity index (χ4v) is 4.29. The van der Waals surface area contributed by atoms with Gasteiger partial charge in [0.2, 0.25) is 11.7 Å². The molecular formula is C26H25N5O7S. The first-order chi connectivity index (χ1) is 18.7. The van der Waals surface area contributed by atoms with Crippen LogP contribution in [-0.2, 0) is 11.8 Å². The number of anilines is 1. The second-order valence-corrected chi connectivity index (χ2v) is 9.09. The summed E-state index contributed by atoms with van der Waals surface area (Å²) in [5.74, 6) is 0.861. The van der Waals surface area contributed by atoms with Crippen LogP contribution >= 0.6 is 11.8 Å². The molecule has 0 fully saturated rings. The van der Waals surface area contributed by atoms with E-state index < -0.39 is 11.2 Å². The van der Waals surface area contributed by atoms with E-state index in [4.69, 9.17) is 14.2 Å². The van der Waals surface area contributed by atoms with Crippen molar-refractivity contribution in [2.75, 3.05) is 32.4 Å². The van der Waals surface area contributed by atoms with Gasteiger partial charge < -0.3 is 24.5 Å². The SMILES string of the molecule is COc1cc(/C=C/C(=O)c2ccc(NC(=O)CSc3nc4[nH]c(=O)n(C)c(=O)c4[nH]3)cc2)cc(OC)c1OC. The number of ketones is 1. The fourth-order valence-electron chi connectivity index (χ4n) is 3.62. The molecule has 202 valence electrons. The summed E-state index contributed by atoms with van der Waals surface area (Å²) in [4.78, 5) is 58.4. The van der Waals surface area contributed by atoms with Crippen molar-refractivity contribution in [3.05, 3.63) is 74.4 Å². The van der Waals surface area contributed by atoms with Gasteiger partial charge in [0, 0.05) is 18.3 Å². The zero-order valence-corrected chi connectivity index (χ0v) is 22.3. The van der Waals surface area contributed by atoms with E-state index in [0.29, 0.717) is 39.2 Å².